The predicted molar refractivity (Wildman–Crippen MR) is 79.3 cm³/mol. The number of hydrogen-bond donors (Lipinski definition) is 0. The van der Waals surface area contributed by atoms with Gasteiger partial charge in [-0.05, 0) is 7.05 Å². The summed E-state index contributed by atoms with van der Waals surface area (Å²) in [6, 6.07) is 0. The van der Waals surface area contributed by atoms with Crippen LogP contribution >= 0.6 is 0 Å². The third-order valence-corrected chi connectivity index (χ3v) is 4.17. The lowest BCUT2D eigenvalue weighted by atomic mass is 10.3. The number of aryl methyl sites for hydroxylation is 1. The van der Waals surface area contributed by atoms with Crippen molar-refractivity contribution in [2.24, 2.45) is 14.1 Å². The zero-order valence-corrected chi connectivity index (χ0v) is 12.6. The summed E-state index contributed by atoms with van der Waals surface area (Å²) in [5, 5.41) is 0. The van der Waals surface area contributed by atoms with Crippen LogP contribution in [0.5, 0.6) is 0 Å². The van der Waals surface area contributed by atoms with Gasteiger partial charge in [-0.1, -0.05) is 0 Å². The number of aromatic nitrogens is 4. The van der Waals surface area contributed by atoms with Gasteiger partial charge in [0.2, 0.25) is 0 Å². The van der Waals surface area contributed by atoms with Gasteiger partial charge in [-0.3, -0.25) is 18.8 Å². The second-order valence-electron chi connectivity index (χ2n) is 5.66. The van der Waals surface area contributed by atoms with E-state index in [4.69, 9.17) is 0 Å². The molecule has 1 saturated heterocycles. The monoisotopic (exact) mass is 292 g/mol. The van der Waals surface area contributed by atoms with E-state index in [0.29, 0.717) is 17.8 Å². The first-order valence-electron chi connectivity index (χ1n) is 7.01. The van der Waals surface area contributed by atoms with Gasteiger partial charge >= 0.3 is 5.69 Å². The first-order chi connectivity index (χ1) is 9.99. The van der Waals surface area contributed by atoms with Gasteiger partial charge in [0, 0.05) is 40.3 Å². The van der Waals surface area contributed by atoms with E-state index in [9.17, 15) is 9.59 Å². The third kappa shape index (κ3) is 2.30. The first kappa shape index (κ1) is 14.0. The lowest BCUT2D eigenvalue weighted by molar-refractivity contribution is 0.126. The van der Waals surface area contributed by atoms with Gasteiger partial charge in [0.15, 0.2) is 11.2 Å². The van der Waals surface area contributed by atoms with Gasteiger partial charge in [-0.2, -0.15) is 0 Å². The molecule has 8 heteroatoms. The highest BCUT2D eigenvalue weighted by Crippen LogP contribution is 2.08. The summed E-state index contributed by atoms with van der Waals surface area (Å²) in [5.41, 5.74) is 0.285. The van der Waals surface area contributed by atoms with Crippen molar-refractivity contribution >= 4 is 11.2 Å². The van der Waals surface area contributed by atoms with Crippen molar-refractivity contribution in [3.05, 3.63) is 27.2 Å². The average Bonchev–Trinajstić information content (AvgIpc) is 2.89. The van der Waals surface area contributed by atoms with Crippen molar-refractivity contribution in [1.82, 2.24) is 28.5 Å². The molecule has 2 aromatic heterocycles. The van der Waals surface area contributed by atoms with Crippen LogP contribution in [-0.4, -0.2) is 61.7 Å². The van der Waals surface area contributed by atoms with Crippen molar-refractivity contribution in [1.29, 1.82) is 0 Å². The summed E-state index contributed by atoms with van der Waals surface area (Å²) < 4.78 is 4.38. The zero-order chi connectivity index (χ0) is 15.1. The van der Waals surface area contributed by atoms with Crippen LogP contribution in [0.25, 0.3) is 11.2 Å². The Morgan fingerprint density at radius 1 is 1.05 bits per heavy atom. The second kappa shape index (κ2) is 5.12. The van der Waals surface area contributed by atoms with Crippen molar-refractivity contribution in [3.63, 3.8) is 0 Å². The summed E-state index contributed by atoms with van der Waals surface area (Å²) in [7, 11) is 5.24. The molecule has 1 aliphatic rings. The molecule has 0 N–H and O–H groups in total. The highest BCUT2D eigenvalue weighted by molar-refractivity contribution is 5.69. The molecule has 2 aromatic rings. The Balaban J connectivity index is 2.01. The maximum atomic E-state index is 12.3. The van der Waals surface area contributed by atoms with Crippen LogP contribution in [0.1, 0.15) is 0 Å². The maximum Gasteiger partial charge on any atom is 0.332 e. The Hall–Kier alpha value is -1.93. The van der Waals surface area contributed by atoms with Crippen LogP contribution in [0.2, 0.25) is 0 Å². The summed E-state index contributed by atoms with van der Waals surface area (Å²) in [6.07, 6.45) is 1.64. The lowest BCUT2D eigenvalue weighted by Gasteiger charge is -2.32. The molecule has 0 unspecified atom stereocenters. The average molecular weight is 292 g/mol. The molecule has 0 spiro atoms. The molecule has 0 aromatic carbocycles. The Bertz CT molecular complexity index is 778. The molecule has 3 rings (SSSR count). The van der Waals surface area contributed by atoms with Gasteiger partial charge in [0.25, 0.3) is 5.56 Å². The topological polar surface area (TPSA) is 68.3 Å². The summed E-state index contributed by atoms with van der Waals surface area (Å²) in [5.74, 6) is 0. The smallest absolute Gasteiger partial charge is 0.311 e. The molecule has 0 amide bonds. The summed E-state index contributed by atoms with van der Waals surface area (Å²) in [4.78, 5) is 33.0. The van der Waals surface area contributed by atoms with E-state index >= 15 is 0 Å². The van der Waals surface area contributed by atoms with Crippen LogP contribution in [-0.2, 0) is 20.8 Å². The minimum atomic E-state index is -0.350. The molecule has 3 heterocycles. The van der Waals surface area contributed by atoms with Crippen LogP contribution in [0.4, 0.5) is 0 Å². The van der Waals surface area contributed by atoms with Crippen molar-refractivity contribution in [3.8, 4) is 0 Å². The van der Waals surface area contributed by atoms with Gasteiger partial charge in [0.05, 0.1) is 13.0 Å². The molecular weight excluding hydrogens is 272 g/mol. The van der Waals surface area contributed by atoms with Crippen molar-refractivity contribution in [2.45, 2.75) is 6.67 Å². The minimum absolute atomic E-state index is 0.292. The standard InChI is InChI=1S/C13H20N6O2/c1-15-4-6-18(7-5-15)9-19-8-14-11-10(19)12(20)17(3)13(21)16(11)2/h8H,4-7,9H2,1-3H3. The van der Waals surface area contributed by atoms with Gasteiger partial charge in [-0.15, -0.1) is 0 Å². The Labute approximate surface area is 121 Å². The fourth-order valence-electron chi connectivity index (χ4n) is 2.71. The Morgan fingerprint density at radius 3 is 2.38 bits per heavy atom. The zero-order valence-electron chi connectivity index (χ0n) is 12.6. The normalized spacial score (nSPS) is 17.7. The quantitative estimate of drug-likeness (QED) is 0.684. The molecule has 1 aliphatic heterocycles. The highest BCUT2D eigenvalue weighted by atomic mass is 16.2. The number of piperazine rings is 1. The van der Waals surface area contributed by atoms with E-state index in [-0.39, 0.29) is 11.2 Å². The molecular formula is C13H20N6O2. The highest BCUT2D eigenvalue weighted by Gasteiger charge is 2.18. The molecule has 0 aliphatic carbocycles. The van der Waals surface area contributed by atoms with Crippen LogP contribution < -0.4 is 11.2 Å². The van der Waals surface area contributed by atoms with Gasteiger partial charge < -0.3 is 9.47 Å². The maximum absolute atomic E-state index is 12.3. The Morgan fingerprint density at radius 2 is 1.71 bits per heavy atom. The fourth-order valence-corrected chi connectivity index (χ4v) is 2.71. The number of fused-ring (bicyclic) bond motifs is 1. The van der Waals surface area contributed by atoms with E-state index < -0.39 is 0 Å². The fraction of sp³-hybridized carbons (Fsp3) is 0.615. The van der Waals surface area contributed by atoms with Crippen LogP contribution in [0.3, 0.4) is 0 Å². The lowest BCUT2D eigenvalue weighted by Crippen LogP contribution is -2.45. The molecule has 21 heavy (non-hydrogen) atoms. The largest absolute Gasteiger partial charge is 0.332 e. The SMILES string of the molecule is CN1CCN(Cn2cnc3c2c(=O)n(C)c(=O)n3C)CC1. The number of hydrogen-bond acceptors (Lipinski definition) is 5. The van der Waals surface area contributed by atoms with E-state index in [0.717, 1.165) is 30.7 Å². The molecule has 0 saturated carbocycles. The predicted octanol–water partition coefficient (Wildman–Crippen LogP) is -1.36. The minimum Gasteiger partial charge on any atom is -0.311 e. The molecule has 0 radical (unpaired) electrons. The van der Waals surface area contributed by atoms with E-state index in [1.165, 1.54) is 11.6 Å². The first-order valence-corrected chi connectivity index (χ1v) is 7.01. The number of nitrogens with zero attached hydrogens (tertiary/aromatic N) is 6. The van der Waals surface area contributed by atoms with E-state index in [1.54, 1.807) is 13.4 Å². The molecule has 0 atom stereocenters. The number of rotatable bonds is 2. The van der Waals surface area contributed by atoms with Crippen LogP contribution in [0, 0.1) is 0 Å². The molecule has 1 fully saturated rings. The molecule has 114 valence electrons. The number of likely N-dealkylation sites (N-methyl/N-ethyl adjacent to an activating group) is 1. The van der Waals surface area contributed by atoms with Gasteiger partial charge in [-0.25, -0.2) is 9.78 Å². The Kier molecular flexibility index (Phi) is 3.42. The summed E-state index contributed by atoms with van der Waals surface area (Å²) >= 11 is 0. The molecule has 0 bridgehead atoms. The van der Waals surface area contributed by atoms with Gasteiger partial charge in [0.1, 0.15) is 0 Å². The van der Waals surface area contributed by atoms with Crippen LogP contribution in [0.15, 0.2) is 15.9 Å². The van der Waals surface area contributed by atoms with Crippen molar-refractivity contribution < 1.29 is 0 Å². The summed E-state index contributed by atoms with van der Waals surface area (Å²) in [6.45, 7) is 4.58. The molecule has 8 nitrogen and oxygen atoms in total. The third-order valence-electron chi connectivity index (χ3n) is 4.17. The van der Waals surface area contributed by atoms with Crippen molar-refractivity contribution in [2.75, 3.05) is 33.2 Å². The van der Waals surface area contributed by atoms with E-state index in [2.05, 4.69) is 21.8 Å². The second-order valence-corrected chi connectivity index (χ2v) is 5.66. The number of imidazole rings is 1. The van der Waals surface area contributed by atoms with E-state index in [1.807, 2.05) is 4.57 Å².